The Morgan fingerprint density at radius 3 is 2.47 bits per heavy atom. The average Bonchev–Trinajstić information content (AvgIpc) is 2.39. The predicted molar refractivity (Wildman–Crippen MR) is 70.6 cm³/mol. The molecule has 1 aromatic heterocycles. The zero-order valence-electron chi connectivity index (χ0n) is 10.9. The van der Waals surface area contributed by atoms with Gasteiger partial charge in [0.25, 0.3) is 0 Å². The Bertz CT molecular complexity index is 543. The summed E-state index contributed by atoms with van der Waals surface area (Å²) in [5.74, 6) is -1.10. The SMILES string of the molecule is CC(N[C@H](C)c1ccccn1)c1ccc(F)cc1F. The largest absolute Gasteiger partial charge is 0.302 e. The monoisotopic (exact) mass is 262 g/mol. The molecule has 1 N–H and O–H groups in total. The minimum absolute atomic E-state index is 0.0133. The zero-order chi connectivity index (χ0) is 13.8. The Morgan fingerprint density at radius 2 is 1.84 bits per heavy atom. The first-order valence-electron chi connectivity index (χ1n) is 6.20. The van der Waals surface area contributed by atoms with E-state index in [4.69, 9.17) is 0 Å². The Morgan fingerprint density at radius 1 is 1.05 bits per heavy atom. The van der Waals surface area contributed by atoms with Crippen LogP contribution in [-0.4, -0.2) is 4.98 Å². The fourth-order valence-electron chi connectivity index (χ4n) is 2.03. The van der Waals surface area contributed by atoms with E-state index >= 15 is 0 Å². The number of aromatic nitrogens is 1. The van der Waals surface area contributed by atoms with Crippen molar-refractivity contribution in [2.75, 3.05) is 0 Å². The van der Waals surface area contributed by atoms with Crippen molar-refractivity contribution in [3.63, 3.8) is 0 Å². The molecule has 1 aromatic carbocycles. The fourth-order valence-corrected chi connectivity index (χ4v) is 2.03. The summed E-state index contributed by atoms with van der Waals surface area (Å²) in [5, 5.41) is 3.25. The number of nitrogens with one attached hydrogen (secondary N) is 1. The molecule has 0 aliphatic heterocycles. The number of nitrogens with zero attached hydrogens (tertiary/aromatic N) is 1. The van der Waals surface area contributed by atoms with Gasteiger partial charge in [-0.05, 0) is 32.0 Å². The van der Waals surface area contributed by atoms with Crippen molar-refractivity contribution in [2.24, 2.45) is 0 Å². The van der Waals surface area contributed by atoms with E-state index in [-0.39, 0.29) is 12.1 Å². The molecule has 4 heteroatoms. The molecular formula is C15H16F2N2. The number of halogens is 2. The number of rotatable bonds is 4. The van der Waals surface area contributed by atoms with E-state index in [9.17, 15) is 8.78 Å². The van der Waals surface area contributed by atoms with Crippen molar-refractivity contribution in [1.82, 2.24) is 10.3 Å². The van der Waals surface area contributed by atoms with Crippen LogP contribution in [0.4, 0.5) is 8.78 Å². The molecule has 0 aliphatic carbocycles. The minimum atomic E-state index is -0.564. The van der Waals surface area contributed by atoms with Gasteiger partial charge in [0.1, 0.15) is 11.6 Å². The lowest BCUT2D eigenvalue weighted by Gasteiger charge is -2.20. The van der Waals surface area contributed by atoms with Crippen molar-refractivity contribution in [3.8, 4) is 0 Å². The first kappa shape index (κ1) is 13.6. The van der Waals surface area contributed by atoms with Crippen LogP contribution in [0.3, 0.4) is 0 Å². The number of hydrogen-bond donors (Lipinski definition) is 1. The van der Waals surface area contributed by atoms with Gasteiger partial charge in [0.15, 0.2) is 0 Å². The van der Waals surface area contributed by atoms with E-state index in [0.29, 0.717) is 5.56 Å². The quantitative estimate of drug-likeness (QED) is 0.907. The zero-order valence-corrected chi connectivity index (χ0v) is 10.9. The van der Waals surface area contributed by atoms with Crippen LogP contribution in [0.15, 0.2) is 42.6 Å². The van der Waals surface area contributed by atoms with Gasteiger partial charge in [-0.1, -0.05) is 12.1 Å². The maximum atomic E-state index is 13.7. The molecule has 0 spiro atoms. The van der Waals surface area contributed by atoms with E-state index in [1.807, 2.05) is 32.0 Å². The summed E-state index contributed by atoms with van der Waals surface area (Å²) in [6, 6.07) is 9.06. The summed E-state index contributed by atoms with van der Waals surface area (Å²) in [6.45, 7) is 3.80. The molecule has 1 unspecified atom stereocenters. The Hall–Kier alpha value is -1.81. The maximum Gasteiger partial charge on any atom is 0.130 e. The molecule has 0 aliphatic rings. The van der Waals surface area contributed by atoms with E-state index in [1.165, 1.54) is 12.1 Å². The molecule has 0 fully saturated rings. The van der Waals surface area contributed by atoms with Gasteiger partial charge >= 0.3 is 0 Å². The number of pyridine rings is 1. The highest BCUT2D eigenvalue weighted by atomic mass is 19.1. The minimum Gasteiger partial charge on any atom is -0.302 e. The van der Waals surface area contributed by atoms with E-state index in [2.05, 4.69) is 10.3 Å². The van der Waals surface area contributed by atoms with Crippen LogP contribution < -0.4 is 5.32 Å². The van der Waals surface area contributed by atoms with Crippen molar-refractivity contribution in [1.29, 1.82) is 0 Å². The highest BCUT2D eigenvalue weighted by Crippen LogP contribution is 2.21. The lowest BCUT2D eigenvalue weighted by Crippen LogP contribution is -2.24. The predicted octanol–water partition coefficient (Wildman–Crippen LogP) is 3.77. The molecular weight excluding hydrogens is 246 g/mol. The molecule has 2 rings (SSSR count). The third-order valence-corrected chi connectivity index (χ3v) is 3.06. The lowest BCUT2D eigenvalue weighted by molar-refractivity contribution is 0.464. The molecule has 19 heavy (non-hydrogen) atoms. The van der Waals surface area contributed by atoms with Crippen LogP contribution in [-0.2, 0) is 0 Å². The topological polar surface area (TPSA) is 24.9 Å². The average molecular weight is 262 g/mol. The van der Waals surface area contributed by atoms with Gasteiger partial charge in [-0.3, -0.25) is 4.98 Å². The van der Waals surface area contributed by atoms with Crippen LogP contribution in [0.2, 0.25) is 0 Å². The van der Waals surface area contributed by atoms with Crippen LogP contribution in [0.1, 0.15) is 37.2 Å². The van der Waals surface area contributed by atoms with Crippen molar-refractivity contribution >= 4 is 0 Å². The van der Waals surface area contributed by atoms with Gasteiger partial charge in [0.05, 0.1) is 5.69 Å². The van der Waals surface area contributed by atoms with E-state index in [1.54, 1.807) is 6.20 Å². The molecule has 0 saturated heterocycles. The van der Waals surface area contributed by atoms with Crippen molar-refractivity contribution < 1.29 is 8.78 Å². The normalized spacial score (nSPS) is 14.1. The van der Waals surface area contributed by atoms with Gasteiger partial charge in [0, 0.05) is 29.9 Å². The van der Waals surface area contributed by atoms with Gasteiger partial charge in [-0.25, -0.2) is 8.78 Å². The highest BCUT2D eigenvalue weighted by Gasteiger charge is 2.15. The summed E-state index contributed by atoms with van der Waals surface area (Å²) in [6.07, 6.45) is 1.72. The van der Waals surface area contributed by atoms with E-state index < -0.39 is 11.6 Å². The molecule has 1 heterocycles. The Balaban J connectivity index is 2.10. The highest BCUT2D eigenvalue weighted by molar-refractivity contribution is 5.22. The smallest absolute Gasteiger partial charge is 0.130 e. The van der Waals surface area contributed by atoms with Gasteiger partial charge in [0.2, 0.25) is 0 Å². The van der Waals surface area contributed by atoms with Gasteiger partial charge in [-0.2, -0.15) is 0 Å². The second-order valence-corrected chi connectivity index (χ2v) is 4.53. The van der Waals surface area contributed by atoms with Crippen molar-refractivity contribution in [3.05, 3.63) is 65.5 Å². The van der Waals surface area contributed by atoms with Gasteiger partial charge in [-0.15, -0.1) is 0 Å². The Labute approximate surface area is 111 Å². The fraction of sp³-hybridized carbons (Fsp3) is 0.267. The molecule has 0 radical (unpaired) electrons. The molecule has 2 nitrogen and oxygen atoms in total. The van der Waals surface area contributed by atoms with Crippen molar-refractivity contribution in [2.45, 2.75) is 25.9 Å². The summed E-state index contributed by atoms with van der Waals surface area (Å²) in [5.41, 5.74) is 1.33. The lowest BCUT2D eigenvalue weighted by atomic mass is 10.1. The third kappa shape index (κ3) is 3.35. The molecule has 0 bridgehead atoms. The molecule has 2 atom stereocenters. The van der Waals surface area contributed by atoms with Crippen LogP contribution in [0.25, 0.3) is 0 Å². The van der Waals surface area contributed by atoms with Crippen LogP contribution in [0, 0.1) is 11.6 Å². The standard InChI is InChI=1S/C15H16F2N2/c1-10(13-7-6-12(16)9-14(13)17)19-11(2)15-5-3-4-8-18-15/h3-11,19H,1-2H3/t10?,11-/m1/s1. The molecule has 0 saturated carbocycles. The second-order valence-electron chi connectivity index (χ2n) is 4.53. The summed E-state index contributed by atoms with van der Waals surface area (Å²) < 4.78 is 26.5. The summed E-state index contributed by atoms with van der Waals surface area (Å²) in [7, 11) is 0. The van der Waals surface area contributed by atoms with Gasteiger partial charge < -0.3 is 5.32 Å². The Kier molecular flexibility index (Phi) is 4.22. The number of benzene rings is 1. The van der Waals surface area contributed by atoms with E-state index in [0.717, 1.165) is 11.8 Å². The summed E-state index contributed by atoms with van der Waals surface area (Å²) in [4.78, 5) is 4.25. The first-order chi connectivity index (χ1) is 9.08. The van der Waals surface area contributed by atoms with Crippen LogP contribution in [0.5, 0.6) is 0 Å². The summed E-state index contributed by atoms with van der Waals surface area (Å²) >= 11 is 0. The first-order valence-corrected chi connectivity index (χ1v) is 6.20. The molecule has 0 amide bonds. The molecule has 2 aromatic rings. The molecule has 100 valence electrons. The van der Waals surface area contributed by atoms with Crippen LogP contribution >= 0.6 is 0 Å². The number of hydrogen-bond acceptors (Lipinski definition) is 2. The second kappa shape index (κ2) is 5.89. The third-order valence-electron chi connectivity index (χ3n) is 3.06. The maximum absolute atomic E-state index is 13.7.